The van der Waals surface area contributed by atoms with Gasteiger partial charge in [-0.1, -0.05) is 6.42 Å². The van der Waals surface area contributed by atoms with Crippen molar-refractivity contribution in [1.82, 2.24) is 9.80 Å². The Hall–Kier alpha value is -1.75. The van der Waals surface area contributed by atoms with Gasteiger partial charge in [0.25, 0.3) is 5.91 Å². The molecule has 2 aliphatic heterocycles. The van der Waals surface area contributed by atoms with Crippen LogP contribution in [0.1, 0.15) is 29.6 Å². The second-order valence-electron chi connectivity index (χ2n) is 5.71. The number of hydrogen-bond donors (Lipinski definition) is 2. The number of nitrogens with zero attached hydrogens (tertiary/aromatic N) is 2. The summed E-state index contributed by atoms with van der Waals surface area (Å²) in [5.74, 6) is 0.0162. The molecule has 1 aromatic rings. The Labute approximate surface area is 119 Å². The molecule has 3 N–H and O–H groups in total. The second kappa shape index (κ2) is 5.32. The fourth-order valence-electron chi connectivity index (χ4n) is 3.24. The highest BCUT2D eigenvalue weighted by atomic mass is 16.3. The van der Waals surface area contributed by atoms with Crippen molar-refractivity contribution in [2.45, 2.75) is 25.3 Å². The Morgan fingerprint density at radius 3 is 2.95 bits per heavy atom. The summed E-state index contributed by atoms with van der Waals surface area (Å²) in [6.07, 6.45) is 3.68. The van der Waals surface area contributed by atoms with Crippen LogP contribution in [0.3, 0.4) is 0 Å². The molecule has 0 radical (unpaired) electrons. The van der Waals surface area contributed by atoms with Crippen LogP contribution >= 0.6 is 0 Å². The van der Waals surface area contributed by atoms with Gasteiger partial charge in [0, 0.05) is 31.4 Å². The van der Waals surface area contributed by atoms with Gasteiger partial charge in [-0.3, -0.25) is 9.69 Å². The van der Waals surface area contributed by atoms with E-state index in [4.69, 9.17) is 5.73 Å². The van der Waals surface area contributed by atoms with Crippen molar-refractivity contribution < 1.29 is 9.90 Å². The molecule has 1 aromatic carbocycles. The van der Waals surface area contributed by atoms with Gasteiger partial charge in [0.2, 0.25) is 0 Å². The molecule has 108 valence electrons. The number of hydrogen-bond acceptors (Lipinski definition) is 4. The molecule has 2 aliphatic rings. The van der Waals surface area contributed by atoms with Crippen LogP contribution in [0, 0.1) is 0 Å². The number of rotatable bonds is 1. The fourth-order valence-corrected chi connectivity index (χ4v) is 3.24. The molecular weight excluding hydrogens is 254 g/mol. The van der Waals surface area contributed by atoms with Crippen LogP contribution in [0.25, 0.3) is 0 Å². The molecule has 1 unspecified atom stereocenters. The summed E-state index contributed by atoms with van der Waals surface area (Å²) in [5.41, 5.74) is 6.70. The van der Waals surface area contributed by atoms with Crippen molar-refractivity contribution in [2.75, 3.05) is 31.9 Å². The first-order valence-electron chi connectivity index (χ1n) is 7.27. The maximum absolute atomic E-state index is 12.6. The third-order valence-electron chi connectivity index (χ3n) is 4.39. The molecule has 5 nitrogen and oxygen atoms in total. The highest BCUT2D eigenvalue weighted by Crippen LogP contribution is 2.24. The lowest BCUT2D eigenvalue weighted by Crippen LogP contribution is -2.56. The van der Waals surface area contributed by atoms with Crippen molar-refractivity contribution >= 4 is 11.6 Å². The third kappa shape index (κ3) is 2.45. The Bertz CT molecular complexity index is 518. The topological polar surface area (TPSA) is 69.8 Å². The van der Waals surface area contributed by atoms with E-state index in [0.717, 1.165) is 26.2 Å². The number of piperazine rings is 1. The van der Waals surface area contributed by atoms with E-state index in [9.17, 15) is 9.90 Å². The molecule has 2 fully saturated rings. The van der Waals surface area contributed by atoms with E-state index in [0.29, 0.717) is 17.3 Å². The van der Waals surface area contributed by atoms with E-state index in [2.05, 4.69) is 4.90 Å². The van der Waals surface area contributed by atoms with Crippen LogP contribution in [-0.4, -0.2) is 53.0 Å². The minimum atomic E-state index is -0.0661. The summed E-state index contributed by atoms with van der Waals surface area (Å²) in [6.45, 7) is 3.61. The van der Waals surface area contributed by atoms with E-state index in [1.54, 1.807) is 6.07 Å². The molecular formula is C15H21N3O2. The summed E-state index contributed by atoms with van der Waals surface area (Å²) < 4.78 is 0. The number of anilines is 1. The molecule has 5 heteroatoms. The highest BCUT2D eigenvalue weighted by Gasteiger charge is 2.31. The average Bonchev–Trinajstić information content (AvgIpc) is 2.48. The number of aromatic hydroxyl groups is 1. The van der Waals surface area contributed by atoms with Crippen LogP contribution in [0.4, 0.5) is 5.69 Å². The summed E-state index contributed by atoms with van der Waals surface area (Å²) in [7, 11) is 0. The number of piperidine rings is 1. The van der Waals surface area contributed by atoms with Gasteiger partial charge in [-0.25, -0.2) is 0 Å². The number of benzene rings is 1. The van der Waals surface area contributed by atoms with Gasteiger partial charge in [0.05, 0.1) is 5.56 Å². The van der Waals surface area contributed by atoms with Crippen molar-refractivity contribution in [3.63, 3.8) is 0 Å². The molecule has 0 aromatic heterocycles. The van der Waals surface area contributed by atoms with Gasteiger partial charge in [-0.05, 0) is 37.6 Å². The molecule has 0 bridgehead atoms. The Morgan fingerprint density at radius 1 is 1.25 bits per heavy atom. The smallest absolute Gasteiger partial charge is 0.256 e. The molecule has 2 heterocycles. The normalized spacial score (nSPS) is 23.4. The van der Waals surface area contributed by atoms with Crippen molar-refractivity contribution in [1.29, 1.82) is 0 Å². The Balaban J connectivity index is 1.76. The van der Waals surface area contributed by atoms with Gasteiger partial charge in [-0.15, -0.1) is 0 Å². The lowest BCUT2D eigenvalue weighted by molar-refractivity contribution is 0.0373. The van der Waals surface area contributed by atoms with Gasteiger partial charge in [-0.2, -0.15) is 0 Å². The first kappa shape index (κ1) is 13.2. The fraction of sp³-hybridized carbons (Fsp3) is 0.533. The summed E-state index contributed by atoms with van der Waals surface area (Å²) >= 11 is 0. The molecule has 0 spiro atoms. The number of phenols is 1. The van der Waals surface area contributed by atoms with E-state index in [1.165, 1.54) is 31.4 Å². The van der Waals surface area contributed by atoms with Crippen LogP contribution in [0.2, 0.25) is 0 Å². The lowest BCUT2D eigenvalue weighted by atomic mass is 9.99. The predicted molar refractivity (Wildman–Crippen MR) is 77.6 cm³/mol. The predicted octanol–water partition coefficient (Wildman–Crippen LogP) is 1.28. The van der Waals surface area contributed by atoms with Crippen LogP contribution in [-0.2, 0) is 0 Å². The number of nitrogen functional groups attached to an aromatic ring is 1. The number of fused-ring (bicyclic) bond motifs is 1. The third-order valence-corrected chi connectivity index (χ3v) is 4.39. The summed E-state index contributed by atoms with van der Waals surface area (Å²) in [4.78, 5) is 16.9. The first-order valence-corrected chi connectivity index (χ1v) is 7.27. The minimum Gasteiger partial charge on any atom is -0.508 e. The second-order valence-corrected chi connectivity index (χ2v) is 5.71. The number of carbonyl (C=O) groups excluding carboxylic acids is 1. The zero-order valence-corrected chi connectivity index (χ0v) is 11.6. The van der Waals surface area contributed by atoms with E-state index in [1.807, 2.05) is 4.90 Å². The molecule has 2 saturated heterocycles. The Morgan fingerprint density at radius 2 is 2.10 bits per heavy atom. The molecule has 3 rings (SSSR count). The van der Waals surface area contributed by atoms with Crippen LogP contribution in [0.15, 0.2) is 18.2 Å². The van der Waals surface area contributed by atoms with Crippen LogP contribution in [0.5, 0.6) is 5.75 Å². The van der Waals surface area contributed by atoms with Crippen molar-refractivity contribution in [3.05, 3.63) is 23.8 Å². The van der Waals surface area contributed by atoms with Crippen molar-refractivity contribution in [2.24, 2.45) is 0 Å². The van der Waals surface area contributed by atoms with Crippen molar-refractivity contribution in [3.8, 4) is 5.75 Å². The molecule has 0 aliphatic carbocycles. The zero-order chi connectivity index (χ0) is 14.1. The quantitative estimate of drug-likeness (QED) is 0.598. The molecule has 0 saturated carbocycles. The summed E-state index contributed by atoms with van der Waals surface area (Å²) in [5, 5.41) is 9.54. The first-order chi connectivity index (χ1) is 9.65. The van der Waals surface area contributed by atoms with Gasteiger partial charge in [0.15, 0.2) is 0 Å². The number of carbonyl (C=O) groups is 1. The molecule has 20 heavy (non-hydrogen) atoms. The zero-order valence-electron chi connectivity index (χ0n) is 11.6. The van der Waals surface area contributed by atoms with Gasteiger partial charge >= 0.3 is 0 Å². The van der Waals surface area contributed by atoms with E-state index in [-0.39, 0.29) is 11.7 Å². The SMILES string of the molecule is Nc1ccc(O)cc1C(=O)N1CCN2CCCCC2C1. The standard InChI is InChI=1S/C15H21N3O2/c16-14-5-4-12(19)9-13(14)15(20)18-8-7-17-6-2-1-3-11(17)10-18/h4-5,9,11,19H,1-3,6-8,10,16H2. The largest absolute Gasteiger partial charge is 0.508 e. The average molecular weight is 275 g/mol. The minimum absolute atomic E-state index is 0.0661. The van der Waals surface area contributed by atoms with E-state index < -0.39 is 0 Å². The molecule has 1 atom stereocenters. The number of phenolic OH excluding ortho intramolecular Hbond substituents is 1. The maximum Gasteiger partial charge on any atom is 0.256 e. The lowest BCUT2D eigenvalue weighted by Gasteiger charge is -2.44. The van der Waals surface area contributed by atoms with E-state index >= 15 is 0 Å². The maximum atomic E-state index is 12.6. The van der Waals surface area contributed by atoms with Gasteiger partial charge in [0.1, 0.15) is 5.75 Å². The molecule has 1 amide bonds. The highest BCUT2D eigenvalue weighted by molar-refractivity contribution is 5.99. The van der Waals surface area contributed by atoms with Crippen LogP contribution < -0.4 is 5.73 Å². The summed E-state index contributed by atoms with van der Waals surface area (Å²) in [6, 6.07) is 5.04. The van der Waals surface area contributed by atoms with Gasteiger partial charge < -0.3 is 15.7 Å². The Kier molecular flexibility index (Phi) is 3.53. The number of amides is 1. The number of nitrogens with two attached hydrogens (primary N) is 1. The monoisotopic (exact) mass is 275 g/mol.